The largest absolute Gasteiger partial charge is 0.338 e. The van der Waals surface area contributed by atoms with Crippen molar-refractivity contribution in [3.8, 4) is 5.69 Å². The zero-order valence-electron chi connectivity index (χ0n) is 15.8. The molecule has 1 saturated heterocycles. The van der Waals surface area contributed by atoms with Crippen molar-refractivity contribution >= 4 is 28.5 Å². The first-order chi connectivity index (χ1) is 13.0. The number of rotatable bonds is 2. The van der Waals surface area contributed by atoms with Gasteiger partial charge in [-0.15, -0.1) is 0 Å². The molecule has 1 aliphatic heterocycles. The van der Waals surface area contributed by atoms with Crippen LogP contribution < -0.4 is 0 Å². The van der Waals surface area contributed by atoms with Gasteiger partial charge in [-0.2, -0.15) is 5.10 Å². The SMILES string of the molecule is Cc1nn(-c2ccccc2)c2ncc(C(=O)N3C[C@@H](C)C[C@H](C)C3)c(Cl)c12. The highest BCUT2D eigenvalue weighted by Gasteiger charge is 2.29. The van der Waals surface area contributed by atoms with Gasteiger partial charge in [-0.1, -0.05) is 43.6 Å². The highest BCUT2D eigenvalue weighted by atomic mass is 35.5. The van der Waals surface area contributed by atoms with Crippen LogP contribution in [0.3, 0.4) is 0 Å². The zero-order valence-corrected chi connectivity index (χ0v) is 16.6. The Labute approximate surface area is 164 Å². The van der Waals surface area contributed by atoms with E-state index >= 15 is 0 Å². The number of carbonyl (C=O) groups excluding carboxylic acids is 1. The number of benzene rings is 1. The summed E-state index contributed by atoms with van der Waals surface area (Å²) in [5.41, 5.74) is 2.81. The summed E-state index contributed by atoms with van der Waals surface area (Å²) in [6.07, 6.45) is 2.75. The number of aromatic nitrogens is 3. The summed E-state index contributed by atoms with van der Waals surface area (Å²) < 4.78 is 1.77. The molecule has 1 aliphatic rings. The first-order valence-corrected chi connectivity index (χ1v) is 9.72. The summed E-state index contributed by atoms with van der Waals surface area (Å²) in [5.74, 6) is 0.950. The fourth-order valence-electron chi connectivity index (χ4n) is 4.11. The molecule has 2 aromatic heterocycles. The van der Waals surface area contributed by atoms with Crippen molar-refractivity contribution in [2.75, 3.05) is 13.1 Å². The number of aryl methyl sites for hydroxylation is 1. The van der Waals surface area contributed by atoms with Gasteiger partial charge in [0.1, 0.15) is 0 Å². The number of amides is 1. The summed E-state index contributed by atoms with van der Waals surface area (Å²) in [6.45, 7) is 7.80. The zero-order chi connectivity index (χ0) is 19.1. The molecular formula is C21H23ClN4O. The molecular weight excluding hydrogens is 360 g/mol. The van der Waals surface area contributed by atoms with E-state index in [0.29, 0.717) is 28.1 Å². The molecule has 0 saturated carbocycles. The molecule has 3 aromatic rings. The van der Waals surface area contributed by atoms with Gasteiger partial charge in [-0.3, -0.25) is 4.79 Å². The molecule has 0 aliphatic carbocycles. The van der Waals surface area contributed by atoms with E-state index in [1.54, 1.807) is 10.9 Å². The van der Waals surface area contributed by atoms with E-state index in [9.17, 15) is 4.79 Å². The molecule has 0 spiro atoms. The molecule has 4 rings (SSSR count). The van der Waals surface area contributed by atoms with Crippen molar-refractivity contribution < 1.29 is 4.79 Å². The average Bonchev–Trinajstić information content (AvgIpc) is 2.99. The molecule has 2 atom stereocenters. The number of piperidine rings is 1. The predicted octanol–water partition coefficient (Wildman–Crippen LogP) is 4.50. The Balaban J connectivity index is 1.77. The minimum atomic E-state index is -0.0420. The van der Waals surface area contributed by atoms with Crippen LogP contribution in [-0.4, -0.2) is 38.7 Å². The second-order valence-electron chi connectivity index (χ2n) is 7.67. The first-order valence-electron chi connectivity index (χ1n) is 9.34. The van der Waals surface area contributed by atoms with E-state index in [2.05, 4.69) is 23.9 Å². The maximum atomic E-state index is 13.1. The molecule has 1 fully saturated rings. The van der Waals surface area contributed by atoms with E-state index in [0.717, 1.165) is 36.3 Å². The second-order valence-corrected chi connectivity index (χ2v) is 8.05. The van der Waals surface area contributed by atoms with Crippen molar-refractivity contribution in [2.45, 2.75) is 27.2 Å². The fraction of sp³-hybridized carbons (Fsp3) is 0.381. The normalized spacial score (nSPS) is 20.2. The van der Waals surface area contributed by atoms with Gasteiger partial charge in [0.05, 0.1) is 27.4 Å². The number of hydrogen-bond donors (Lipinski definition) is 0. The van der Waals surface area contributed by atoms with Crippen molar-refractivity contribution in [3.05, 3.63) is 52.8 Å². The monoisotopic (exact) mass is 382 g/mol. The minimum Gasteiger partial charge on any atom is -0.338 e. The third kappa shape index (κ3) is 3.21. The maximum Gasteiger partial charge on any atom is 0.256 e. The number of fused-ring (bicyclic) bond motifs is 1. The van der Waals surface area contributed by atoms with Crippen molar-refractivity contribution in [1.29, 1.82) is 0 Å². The lowest BCUT2D eigenvalue weighted by molar-refractivity contribution is 0.0623. The number of halogens is 1. The second kappa shape index (κ2) is 6.97. The van der Waals surface area contributed by atoms with Gasteiger partial charge in [0.2, 0.25) is 0 Å². The van der Waals surface area contributed by atoms with E-state index in [1.165, 1.54) is 0 Å². The third-order valence-electron chi connectivity index (χ3n) is 5.20. The Hall–Kier alpha value is -2.40. The van der Waals surface area contributed by atoms with Gasteiger partial charge in [0.15, 0.2) is 5.65 Å². The Morgan fingerprint density at radius 2 is 1.81 bits per heavy atom. The van der Waals surface area contributed by atoms with Crippen LogP contribution in [0.25, 0.3) is 16.7 Å². The predicted molar refractivity (Wildman–Crippen MR) is 107 cm³/mol. The summed E-state index contributed by atoms with van der Waals surface area (Å²) in [7, 11) is 0. The summed E-state index contributed by atoms with van der Waals surface area (Å²) in [6, 6.07) is 9.81. The van der Waals surface area contributed by atoms with Gasteiger partial charge in [-0.25, -0.2) is 9.67 Å². The van der Waals surface area contributed by atoms with E-state index in [-0.39, 0.29) is 5.91 Å². The van der Waals surface area contributed by atoms with Gasteiger partial charge in [0.25, 0.3) is 5.91 Å². The lowest BCUT2D eigenvalue weighted by Crippen LogP contribution is -2.42. The Bertz CT molecular complexity index is 988. The lowest BCUT2D eigenvalue weighted by Gasteiger charge is -2.35. The number of carbonyl (C=O) groups is 1. The highest BCUT2D eigenvalue weighted by Crippen LogP contribution is 2.31. The van der Waals surface area contributed by atoms with Crippen LogP contribution >= 0.6 is 11.6 Å². The molecule has 6 heteroatoms. The average molecular weight is 383 g/mol. The van der Waals surface area contributed by atoms with Crippen LogP contribution in [0.2, 0.25) is 5.02 Å². The quantitative estimate of drug-likeness (QED) is 0.655. The summed E-state index contributed by atoms with van der Waals surface area (Å²) in [5, 5.41) is 5.78. The van der Waals surface area contributed by atoms with Crippen LogP contribution in [-0.2, 0) is 0 Å². The molecule has 5 nitrogen and oxygen atoms in total. The number of para-hydroxylation sites is 1. The number of nitrogens with zero attached hydrogens (tertiary/aromatic N) is 4. The molecule has 0 N–H and O–H groups in total. The lowest BCUT2D eigenvalue weighted by atomic mass is 9.91. The van der Waals surface area contributed by atoms with Crippen LogP contribution in [0.1, 0.15) is 36.3 Å². The first kappa shape index (κ1) is 18.0. The molecule has 1 aromatic carbocycles. The third-order valence-corrected chi connectivity index (χ3v) is 5.59. The maximum absolute atomic E-state index is 13.1. The van der Waals surface area contributed by atoms with Crippen LogP contribution in [0.15, 0.2) is 36.5 Å². The Morgan fingerprint density at radius 1 is 1.15 bits per heavy atom. The molecule has 0 bridgehead atoms. The van der Waals surface area contributed by atoms with Gasteiger partial charge < -0.3 is 4.90 Å². The van der Waals surface area contributed by atoms with Crippen molar-refractivity contribution in [1.82, 2.24) is 19.7 Å². The van der Waals surface area contributed by atoms with Crippen molar-refractivity contribution in [2.24, 2.45) is 11.8 Å². The molecule has 0 unspecified atom stereocenters. The number of pyridine rings is 1. The fourth-order valence-corrected chi connectivity index (χ4v) is 4.46. The van der Waals surface area contributed by atoms with E-state index in [4.69, 9.17) is 11.6 Å². The standard InChI is InChI=1S/C21H23ClN4O/c1-13-9-14(2)12-25(11-13)21(27)17-10-23-20-18(19(17)22)15(3)24-26(20)16-7-5-4-6-8-16/h4-8,10,13-14H,9,11-12H2,1-3H3/t13-,14-/m0/s1. The van der Waals surface area contributed by atoms with Gasteiger partial charge in [0, 0.05) is 19.3 Å². The van der Waals surface area contributed by atoms with E-state index in [1.807, 2.05) is 42.2 Å². The van der Waals surface area contributed by atoms with Gasteiger partial charge >= 0.3 is 0 Å². The van der Waals surface area contributed by atoms with Crippen LogP contribution in [0, 0.1) is 18.8 Å². The Kier molecular flexibility index (Phi) is 4.64. The van der Waals surface area contributed by atoms with E-state index < -0.39 is 0 Å². The Morgan fingerprint density at radius 3 is 2.48 bits per heavy atom. The highest BCUT2D eigenvalue weighted by molar-refractivity contribution is 6.38. The smallest absolute Gasteiger partial charge is 0.256 e. The topological polar surface area (TPSA) is 51.0 Å². The number of likely N-dealkylation sites (tertiary alicyclic amines) is 1. The molecule has 3 heterocycles. The molecule has 0 radical (unpaired) electrons. The van der Waals surface area contributed by atoms with Crippen molar-refractivity contribution in [3.63, 3.8) is 0 Å². The molecule has 140 valence electrons. The minimum absolute atomic E-state index is 0.0420. The van der Waals surface area contributed by atoms with Crippen LogP contribution in [0.5, 0.6) is 0 Å². The summed E-state index contributed by atoms with van der Waals surface area (Å²) >= 11 is 6.69. The van der Waals surface area contributed by atoms with Gasteiger partial charge in [-0.05, 0) is 37.3 Å². The molecule has 27 heavy (non-hydrogen) atoms. The number of hydrogen-bond acceptors (Lipinski definition) is 3. The van der Waals surface area contributed by atoms with Crippen LogP contribution in [0.4, 0.5) is 0 Å². The summed E-state index contributed by atoms with van der Waals surface area (Å²) in [4.78, 5) is 19.6. The molecule has 1 amide bonds.